The highest BCUT2D eigenvalue weighted by atomic mass is 16.7. The molecule has 0 bridgehead atoms. The number of carbonyl (C=O) groups excluding carboxylic acids is 1. The zero-order chi connectivity index (χ0) is 17.9. The molecule has 26 heavy (non-hydrogen) atoms. The predicted molar refractivity (Wildman–Crippen MR) is 101 cm³/mol. The maximum atomic E-state index is 12.6. The number of nitrogens with zero attached hydrogens (tertiary/aromatic N) is 1. The van der Waals surface area contributed by atoms with Gasteiger partial charge in [-0.1, -0.05) is 18.2 Å². The van der Waals surface area contributed by atoms with Crippen molar-refractivity contribution in [3.8, 4) is 22.6 Å². The molecule has 2 heterocycles. The van der Waals surface area contributed by atoms with Gasteiger partial charge in [0.2, 0.25) is 6.79 Å². The van der Waals surface area contributed by atoms with Crippen molar-refractivity contribution < 1.29 is 14.3 Å². The molecule has 2 aliphatic heterocycles. The summed E-state index contributed by atoms with van der Waals surface area (Å²) in [6.07, 6.45) is 2.52. The molecule has 2 aromatic rings. The number of nitrogens with one attached hydrogen (secondary N) is 1. The monoisotopic (exact) mass is 352 g/mol. The molecule has 0 radical (unpaired) electrons. The van der Waals surface area contributed by atoms with Crippen LogP contribution in [-0.4, -0.2) is 43.3 Å². The van der Waals surface area contributed by atoms with Crippen LogP contribution in [0.4, 0.5) is 0 Å². The van der Waals surface area contributed by atoms with Crippen LogP contribution in [0, 0.1) is 0 Å². The number of amides is 1. The molecular weight excluding hydrogens is 328 g/mol. The minimum atomic E-state index is -0.0284. The summed E-state index contributed by atoms with van der Waals surface area (Å²) >= 11 is 0. The molecule has 1 N–H and O–H groups in total. The Kier molecular flexibility index (Phi) is 4.80. The highest BCUT2D eigenvalue weighted by Crippen LogP contribution is 2.36. The quantitative estimate of drug-likeness (QED) is 0.897. The highest BCUT2D eigenvalue weighted by molar-refractivity contribution is 5.95. The molecule has 2 aliphatic rings. The average Bonchev–Trinajstić information content (AvgIpc) is 3.32. The average molecular weight is 352 g/mol. The van der Waals surface area contributed by atoms with E-state index in [2.05, 4.69) is 17.1 Å². The molecule has 5 heteroatoms. The molecule has 0 aromatic heterocycles. The summed E-state index contributed by atoms with van der Waals surface area (Å²) < 4.78 is 10.8. The summed E-state index contributed by atoms with van der Waals surface area (Å²) in [5, 5.41) is 3.12. The van der Waals surface area contributed by atoms with E-state index in [4.69, 9.17) is 9.47 Å². The van der Waals surface area contributed by atoms with Crippen molar-refractivity contribution in [3.63, 3.8) is 0 Å². The first-order valence-corrected chi connectivity index (χ1v) is 9.22. The van der Waals surface area contributed by atoms with Crippen LogP contribution in [0.2, 0.25) is 0 Å². The van der Waals surface area contributed by atoms with Crippen molar-refractivity contribution in [1.29, 1.82) is 0 Å². The van der Waals surface area contributed by atoms with Gasteiger partial charge in [-0.2, -0.15) is 0 Å². The number of fused-ring (bicyclic) bond motifs is 1. The van der Waals surface area contributed by atoms with Gasteiger partial charge in [0.05, 0.1) is 0 Å². The van der Waals surface area contributed by atoms with Gasteiger partial charge in [-0.15, -0.1) is 0 Å². The van der Waals surface area contributed by atoms with Crippen molar-refractivity contribution in [2.75, 3.05) is 26.4 Å². The maximum Gasteiger partial charge on any atom is 0.251 e. The van der Waals surface area contributed by atoms with Crippen molar-refractivity contribution in [3.05, 3.63) is 48.0 Å². The van der Waals surface area contributed by atoms with Gasteiger partial charge in [0.25, 0.3) is 5.91 Å². The van der Waals surface area contributed by atoms with E-state index in [-0.39, 0.29) is 18.7 Å². The van der Waals surface area contributed by atoms with Crippen LogP contribution in [0.5, 0.6) is 11.5 Å². The predicted octanol–water partition coefficient (Wildman–Crippen LogP) is 3.30. The lowest BCUT2D eigenvalue weighted by Gasteiger charge is -2.21. The first kappa shape index (κ1) is 16.9. The van der Waals surface area contributed by atoms with Crippen LogP contribution < -0.4 is 14.8 Å². The molecule has 1 amide bonds. The lowest BCUT2D eigenvalue weighted by molar-refractivity contribution is 0.0932. The van der Waals surface area contributed by atoms with E-state index < -0.39 is 0 Å². The second-order valence-corrected chi connectivity index (χ2v) is 7.03. The third-order valence-corrected chi connectivity index (χ3v) is 4.94. The molecule has 0 aliphatic carbocycles. The number of hydrogen-bond donors (Lipinski definition) is 1. The van der Waals surface area contributed by atoms with E-state index in [1.807, 2.05) is 42.5 Å². The topological polar surface area (TPSA) is 50.8 Å². The third-order valence-electron chi connectivity index (χ3n) is 4.94. The number of ether oxygens (including phenoxy) is 2. The van der Waals surface area contributed by atoms with Crippen LogP contribution in [0.3, 0.4) is 0 Å². The summed E-state index contributed by atoms with van der Waals surface area (Å²) in [4.78, 5) is 15.0. The fraction of sp³-hybridized carbons (Fsp3) is 0.381. The maximum absolute atomic E-state index is 12.6. The van der Waals surface area contributed by atoms with Crippen molar-refractivity contribution in [1.82, 2.24) is 10.2 Å². The second-order valence-electron chi connectivity index (χ2n) is 7.03. The van der Waals surface area contributed by atoms with Crippen molar-refractivity contribution in [2.24, 2.45) is 0 Å². The molecule has 1 saturated heterocycles. The standard InChI is InChI=1S/C21H24N2O3/c1-15(13-23-9-2-3-10-23)22-21(24)18-6-4-5-16(11-18)17-7-8-19-20(12-17)26-14-25-19/h4-8,11-12,15H,2-3,9-10,13-14H2,1H3,(H,22,24)/t15-/m0/s1. The van der Waals surface area contributed by atoms with E-state index in [0.717, 1.165) is 42.3 Å². The van der Waals surface area contributed by atoms with Gasteiger partial charge >= 0.3 is 0 Å². The fourth-order valence-electron chi connectivity index (χ4n) is 3.62. The zero-order valence-electron chi connectivity index (χ0n) is 15.0. The van der Waals surface area contributed by atoms with Gasteiger partial charge in [-0.25, -0.2) is 0 Å². The lowest BCUT2D eigenvalue weighted by Crippen LogP contribution is -2.41. The Balaban J connectivity index is 1.45. The van der Waals surface area contributed by atoms with Crippen LogP contribution in [0.1, 0.15) is 30.1 Å². The van der Waals surface area contributed by atoms with Gasteiger partial charge in [0.1, 0.15) is 0 Å². The normalized spacial score (nSPS) is 17.3. The van der Waals surface area contributed by atoms with Crippen LogP contribution in [0.15, 0.2) is 42.5 Å². The molecule has 2 aromatic carbocycles. The molecule has 1 fully saturated rings. The van der Waals surface area contributed by atoms with Gasteiger partial charge in [0.15, 0.2) is 11.5 Å². The van der Waals surface area contributed by atoms with E-state index in [9.17, 15) is 4.79 Å². The Bertz CT molecular complexity index is 800. The number of likely N-dealkylation sites (tertiary alicyclic amines) is 1. The molecule has 0 unspecified atom stereocenters. The highest BCUT2D eigenvalue weighted by Gasteiger charge is 2.17. The summed E-state index contributed by atoms with van der Waals surface area (Å²) in [6.45, 7) is 5.52. The van der Waals surface area contributed by atoms with Crippen LogP contribution in [-0.2, 0) is 0 Å². The van der Waals surface area contributed by atoms with Gasteiger partial charge in [0, 0.05) is 18.2 Å². The fourth-order valence-corrected chi connectivity index (χ4v) is 3.62. The Morgan fingerprint density at radius 1 is 1.08 bits per heavy atom. The first-order valence-electron chi connectivity index (χ1n) is 9.22. The Labute approximate surface area is 153 Å². The second kappa shape index (κ2) is 7.38. The molecule has 4 rings (SSSR count). The molecule has 136 valence electrons. The molecule has 0 saturated carbocycles. The van der Waals surface area contributed by atoms with E-state index in [1.165, 1.54) is 12.8 Å². The number of carbonyl (C=O) groups is 1. The summed E-state index contributed by atoms with van der Waals surface area (Å²) in [7, 11) is 0. The summed E-state index contributed by atoms with van der Waals surface area (Å²) in [5.41, 5.74) is 2.67. The Morgan fingerprint density at radius 3 is 2.69 bits per heavy atom. The summed E-state index contributed by atoms with van der Waals surface area (Å²) in [6, 6.07) is 13.7. The van der Waals surface area contributed by atoms with E-state index in [0.29, 0.717) is 5.56 Å². The van der Waals surface area contributed by atoms with Crippen LogP contribution >= 0.6 is 0 Å². The minimum absolute atomic E-state index is 0.0284. The van der Waals surface area contributed by atoms with Crippen molar-refractivity contribution in [2.45, 2.75) is 25.8 Å². The zero-order valence-corrected chi connectivity index (χ0v) is 15.0. The molecular formula is C21H24N2O3. The SMILES string of the molecule is C[C@@H](CN1CCCC1)NC(=O)c1cccc(-c2ccc3c(c2)OCO3)c1. The third kappa shape index (κ3) is 3.68. The van der Waals surface area contributed by atoms with Crippen LogP contribution in [0.25, 0.3) is 11.1 Å². The molecule has 1 atom stereocenters. The van der Waals surface area contributed by atoms with Gasteiger partial charge in [-0.3, -0.25) is 4.79 Å². The lowest BCUT2D eigenvalue weighted by atomic mass is 10.0. The smallest absolute Gasteiger partial charge is 0.251 e. The number of rotatable bonds is 5. The van der Waals surface area contributed by atoms with Gasteiger partial charge < -0.3 is 19.7 Å². The minimum Gasteiger partial charge on any atom is -0.454 e. The summed E-state index contributed by atoms with van der Waals surface area (Å²) in [5.74, 6) is 1.48. The number of hydrogen-bond acceptors (Lipinski definition) is 4. The van der Waals surface area contributed by atoms with Gasteiger partial charge in [-0.05, 0) is 68.2 Å². The van der Waals surface area contributed by atoms with Crippen molar-refractivity contribution >= 4 is 5.91 Å². The number of benzene rings is 2. The van der Waals surface area contributed by atoms with E-state index >= 15 is 0 Å². The first-order chi connectivity index (χ1) is 12.7. The Hall–Kier alpha value is -2.53. The Morgan fingerprint density at radius 2 is 1.85 bits per heavy atom. The largest absolute Gasteiger partial charge is 0.454 e. The van der Waals surface area contributed by atoms with E-state index in [1.54, 1.807) is 0 Å². The molecule has 0 spiro atoms. The molecule has 5 nitrogen and oxygen atoms in total.